The second kappa shape index (κ2) is 11.0. The highest BCUT2D eigenvalue weighted by molar-refractivity contribution is 5.98. The minimum absolute atomic E-state index is 0.137. The summed E-state index contributed by atoms with van der Waals surface area (Å²) in [6, 6.07) is 7.94. The summed E-state index contributed by atoms with van der Waals surface area (Å²) in [5, 5.41) is 2.97. The van der Waals surface area contributed by atoms with E-state index in [0.29, 0.717) is 17.8 Å². The monoisotopic (exact) mass is 364 g/mol. The van der Waals surface area contributed by atoms with Crippen molar-refractivity contribution >= 4 is 11.6 Å². The van der Waals surface area contributed by atoms with Crippen molar-refractivity contribution in [2.45, 2.75) is 34.6 Å². The minimum atomic E-state index is -0.137. The van der Waals surface area contributed by atoms with Gasteiger partial charge in [0.1, 0.15) is 0 Å². The molecule has 1 rings (SSSR count). The largest absolute Gasteiger partial charge is 0.398 e. The van der Waals surface area contributed by atoms with Gasteiger partial charge in [-0.3, -0.25) is 4.79 Å². The van der Waals surface area contributed by atoms with Crippen molar-refractivity contribution in [1.82, 2.24) is 5.32 Å². The smallest absolute Gasteiger partial charge is 0.251 e. The number of carbonyl (C=O) groups excluding carboxylic acids is 1. The van der Waals surface area contributed by atoms with Crippen LogP contribution < -0.4 is 11.1 Å². The molecule has 0 radical (unpaired) electrons. The summed E-state index contributed by atoms with van der Waals surface area (Å²) in [5.74, 6) is 0.0965. The Morgan fingerprint density at radius 2 is 2.00 bits per heavy atom. The Bertz CT molecular complexity index is 792. The van der Waals surface area contributed by atoms with Crippen molar-refractivity contribution in [2.24, 2.45) is 11.7 Å². The van der Waals surface area contributed by atoms with Crippen molar-refractivity contribution < 1.29 is 4.79 Å². The fourth-order valence-electron chi connectivity index (χ4n) is 2.41. The molecule has 1 aromatic rings. The Labute approximate surface area is 164 Å². The molecule has 3 heteroatoms. The molecule has 0 aliphatic heterocycles. The van der Waals surface area contributed by atoms with Gasteiger partial charge in [-0.1, -0.05) is 74.1 Å². The van der Waals surface area contributed by atoms with E-state index in [-0.39, 0.29) is 11.8 Å². The Kier molecular flexibility index (Phi) is 9.07. The van der Waals surface area contributed by atoms with Crippen LogP contribution in [0.4, 0.5) is 0 Å². The molecular formula is C24H32N2O. The van der Waals surface area contributed by atoms with Gasteiger partial charge in [-0.2, -0.15) is 0 Å². The average molecular weight is 365 g/mol. The van der Waals surface area contributed by atoms with Gasteiger partial charge in [0.15, 0.2) is 0 Å². The number of carbonyl (C=O) groups is 1. The number of amides is 1. The average Bonchev–Trinajstić information content (AvgIpc) is 2.60. The fraction of sp³-hybridized carbons (Fsp3) is 0.292. The van der Waals surface area contributed by atoms with Crippen LogP contribution in [0.1, 0.15) is 38.8 Å². The number of aryl methyl sites for hydroxylation is 1. The zero-order chi connectivity index (χ0) is 20.4. The Morgan fingerprint density at radius 1 is 1.30 bits per heavy atom. The molecule has 3 nitrogen and oxygen atoms in total. The second-order valence-electron chi connectivity index (χ2n) is 7.06. The molecule has 0 spiro atoms. The summed E-state index contributed by atoms with van der Waals surface area (Å²) in [7, 11) is 0. The highest BCUT2D eigenvalue weighted by atomic mass is 16.1. The van der Waals surface area contributed by atoms with E-state index in [9.17, 15) is 4.79 Å². The normalized spacial score (nSPS) is 13.3. The maximum absolute atomic E-state index is 12.7. The molecule has 0 atom stereocenters. The number of benzene rings is 1. The quantitative estimate of drug-likeness (QED) is 0.500. The van der Waals surface area contributed by atoms with E-state index < -0.39 is 0 Å². The number of nitrogens with two attached hydrogens (primary N) is 1. The van der Waals surface area contributed by atoms with Crippen molar-refractivity contribution in [3.8, 4) is 0 Å². The van der Waals surface area contributed by atoms with Gasteiger partial charge in [-0.15, -0.1) is 0 Å². The summed E-state index contributed by atoms with van der Waals surface area (Å²) < 4.78 is 0. The molecule has 0 saturated carbocycles. The third-order valence-corrected chi connectivity index (χ3v) is 3.84. The molecule has 144 valence electrons. The zero-order valence-corrected chi connectivity index (χ0v) is 17.2. The van der Waals surface area contributed by atoms with E-state index in [1.807, 2.05) is 83.2 Å². The van der Waals surface area contributed by atoms with E-state index in [2.05, 4.69) is 11.9 Å². The fourth-order valence-corrected chi connectivity index (χ4v) is 2.41. The summed E-state index contributed by atoms with van der Waals surface area (Å²) in [5.41, 5.74) is 11.4. The van der Waals surface area contributed by atoms with E-state index in [1.165, 1.54) is 0 Å². The third kappa shape index (κ3) is 8.41. The first-order chi connectivity index (χ1) is 12.7. The molecular weight excluding hydrogens is 332 g/mol. The minimum Gasteiger partial charge on any atom is -0.398 e. The SMILES string of the molecule is C=C(C)/C=C\C(=C/C)CNC(=O)C(/C=C(\N)c1cccc(C)c1)=C/C(C)C. The summed E-state index contributed by atoms with van der Waals surface area (Å²) >= 11 is 0. The van der Waals surface area contributed by atoms with E-state index in [0.717, 1.165) is 22.3 Å². The topological polar surface area (TPSA) is 55.1 Å². The second-order valence-corrected chi connectivity index (χ2v) is 7.06. The zero-order valence-electron chi connectivity index (χ0n) is 17.2. The first-order valence-electron chi connectivity index (χ1n) is 9.26. The Hall–Kier alpha value is -2.81. The molecule has 0 aliphatic carbocycles. The van der Waals surface area contributed by atoms with Crippen LogP contribution >= 0.6 is 0 Å². The van der Waals surface area contributed by atoms with Crippen molar-refractivity contribution in [1.29, 1.82) is 0 Å². The molecule has 0 heterocycles. The summed E-state index contributed by atoms with van der Waals surface area (Å²) in [4.78, 5) is 12.7. The molecule has 1 aromatic carbocycles. The van der Waals surface area contributed by atoms with Gasteiger partial charge in [-0.25, -0.2) is 0 Å². The Morgan fingerprint density at radius 3 is 2.56 bits per heavy atom. The molecule has 0 bridgehead atoms. The summed E-state index contributed by atoms with van der Waals surface area (Å²) in [6.07, 6.45) is 9.55. The predicted octanol–water partition coefficient (Wildman–Crippen LogP) is 5.07. The number of allylic oxidation sites excluding steroid dienone is 4. The first-order valence-corrected chi connectivity index (χ1v) is 9.26. The van der Waals surface area contributed by atoms with Gasteiger partial charge in [0.25, 0.3) is 5.91 Å². The van der Waals surface area contributed by atoms with Crippen molar-refractivity contribution in [3.63, 3.8) is 0 Å². The first kappa shape index (κ1) is 22.2. The van der Waals surface area contributed by atoms with Crippen molar-refractivity contribution in [3.05, 3.63) is 89.1 Å². The maximum Gasteiger partial charge on any atom is 0.251 e. The Balaban J connectivity index is 2.98. The predicted molar refractivity (Wildman–Crippen MR) is 117 cm³/mol. The lowest BCUT2D eigenvalue weighted by Gasteiger charge is -2.10. The van der Waals surface area contributed by atoms with Crippen LogP contribution in [0.3, 0.4) is 0 Å². The van der Waals surface area contributed by atoms with Gasteiger partial charge < -0.3 is 11.1 Å². The summed E-state index contributed by atoms with van der Waals surface area (Å²) in [6.45, 7) is 14.3. The lowest BCUT2D eigenvalue weighted by molar-refractivity contribution is -0.117. The van der Waals surface area contributed by atoms with Crippen molar-refractivity contribution in [2.75, 3.05) is 6.54 Å². The molecule has 0 unspecified atom stereocenters. The van der Waals surface area contributed by atoms with E-state index in [1.54, 1.807) is 6.08 Å². The molecule has 1 amide bonds. The van der Waals surface area contributed by atoms with Crippen LogP contribution in [0.15, 0.2) is 77.9 Å². The number of rotatable bonds is 8. The number of hydrogen-bond donors (Lipinski definition) is 2. The van der Waals surface area contributed by atoms with Crippen LogP contribution in [0.5, 0.6) is 0 Å². The molecule has 0 saturated heterocycles. The molecule has 3 N–H and O–H groups in total. The highest BCUT2D eigenvalue weighted by Crippen LogP contribution is 2.15. The molecule has 0 fully saturated rings. The standard InChI is InChI=1S/C24H32N2O/c1-7-20(12-11-17(2)3)16-26-24(27)22(13-18(4)5)15-23(25)21-10-8-9-19(6)14-21/h7-15,18H,2,16,25H2,1,3-6H3,(H,26,27)/b12-11-,20-7+,22-13+,23-15-. The highest BCUT2D eigenvalue weighted by Gasteiger charge is 2.09. The number of nitrogens with one attached hydrogen (secondary N) is 1. The van der Waals surface area contributed by atoms with Gasteiger partial charge in [0, 0.05) is 17.8 Å². The van der Waals surface area contributed by atoms with E-state index in [4.69, 9.17) is 5.73 Å². The van der Waals surface area contributed by atoms with Gasteiger partial charge in [-0.05, 0) is 50.0 Å². The molecule has 0 aliphatic rings. The van der Waals surface area contributed by atoms with Crippen LogP contribution in [-0.4, -0.2) is 12.5 Å². The van der Waals surface area contributed by atoms with Crippen LogP contribution in [-0.2, 0) is 4.79 Å². The third-order valence-electron chi connectivity index (χ3n) is 3.84. The number of hydrogen-bond acceptors (Lipinski definition) is 2. The van der Waals surface area contributed by atoms with Crippen LogP contribution in [0, 0.1) is 12.8 Å². The van der Waals surface area contributed by atoms with Gasteiger partial charge in [0.05, 0.1) is 0 Å². The van der Waals surface area contributed by atoms with Crippen LogP contribution in [0.25, 0.3) is 5.70 Å². The lowest BCUT2D eigenvalue weighted by Crippen LogP contribution is -2.27. The molecule has 0 aromatic heterocycles. The van der Waals surface area contributed by atoms with Gasteiger partial charge >= 0.3 is 0 Å². The van der Waals surface area contributed by atoms with Gasteiger partial charge in [0.2, 0.25) is 0 Å². The van der Waals surface area contributed by atoms with E-state index >= 15 is 0 Å². The van der Waals surface area contributed by atoms with Crippen LogP contribution in [0.2, 0.25) is 0 Å². The lowest BCUT2D eigenvalue weighted by atomic mass is 10.0. The maximum atomic E-state index is 12.7. The molecule has 27 heavy (non-hydrogen) atoms.